The van der Waals surface area contributed by atoms with E-state index in [0.717, 1.165) is 18.4 Å². The number of aromatic nitrogens is 1. The van der Waals surface area contributed by atoms with Gasteiger partial charge in [0.2, 0.25) is 0 Å². The lowest BCUT2D eigenvalue weighted by molar-refractivity contribution is 0.0751. The van der Waals surface area contributed by atoms with Gasteiger partial charge in [-0.2, -0.15) is 0 Å². The fourth-order valence-corrected chi connectivity index (χ4v) is 3.97. The van der Waals surface area contributed by atoms with Gasteiger partial charge in [0.05, 0.1) is 0 Å². The van der Waals surface area contributed by atoms with Gasteiger partial charge in [0.1, 0.15) is 5.69 Å². The first-order valence-electron chi connectivity index (χ1n) is 7.63. The summed E-state index contributed by atoms with van der Waals surface area (Å²) in [7, 11) is 0. The SMILES string of the molecule is Cc1cccnc1C(=O)NC1C2CCCC1CC(N)C2. The maximum absolute atomic E-state index is 12.4. The van der Waals surface area contributed by atoms with Crippen molar-refractivity contribution in [2.24, 2.45) is 17.6 Å². The smallest absolute Gasteiger partial charge is 0.270 e. The second-order valence-corrected chi connectivity index (χ2v) is 6.35. The van der Waals surface area contributed by atoms with Gasteiger partial charge in [-0.05, 0) is 56.1 Å². The zero-order chi connectivity index (χ0) is 14.1. The summed E-state index contributed by atoms with van der Waals surface area (Å²) in [6.07, 6.45) is 7.43. The highest BCUT2D eigenvalue weighted by molar-refractivity contribution is 5.93. The Hall–Kier alpha value is -1.42. The van der Waals surface area contributed by atoms with Crippen molar-refractivity contribution < 1.29 is 4.79 Å². The molecule has 4 heteroatoms. The molecule has 2 unspecified atom stereocenters. The van der Waals surface area contributed by atoms with E-state index in [2.05, 4.69) is 10.3 Å². The zero-order valence-electron chi connectivity index (χ0n) is 12.0. The van der Waals surface area contributed by atoms with E-state index < -0.39 is 0 Å². The number of pyridine rings is 1. The van der Waals surface area contributed by atoms with Crippen LogP contribution in [0.1, 0.15) is 48.2 Å². The molecule has 2 aliphatic rings. The lowest BCUT2D eigenvalue weighted by Gasteiger charge is -2.45. The molecule has 1 aromatic rings. The maximum Gasteiger partial charge on any atom is 0.270 e. The molecule has 1 aromatic heterocycles. The monoisotopic (exact) mass is 273 g/mol. The highest BCUT2D eigenvalue weighted by Gasteiger charge is 2.40. The predicted octanol–water partition coefficient (Wildman–Crippen LogP) is 2.03. The number of amides is 1. The average Bonchev–Trinajstić information content (AvgIpc) is 2.40. The lowest BCUT2D eigenvalue weighted by atomic mass is 9.67. The van der Waals surface area contributed by atoms with Crippen molar-refractivity contribution in [2.75, 3.05) is 0 Å². The number of rotatable bonds is 2. The predicted molar refractivity (Wildman–Crippen MR) is 78.3 cm³/mol. The van der Waals surface area contributed by atoms with Gasteiger partial charge >= 0.3 is 0 Å². The molecule has 20 heavy (non-hydrogen) atoms. The molecule has 1 heterocycles. The summed E-state index contributed by atoms with van der Waals surface area (Å²) >= 11 is 0. The van der Waals surface area contributed by atoms with Crippen LogP contribution in [-0.4, -0.2) is 23.0 Å². The molecular weight excluding hydrogens is 250 g/mol. The summed E-state index contributed by atoms with van der Waals surface area (Å²) in [6.45, 7) is 1.93. The number of nitrogens with zero attached hydrogens (tertiary/aromatic N) is 1. The van der Waals surface area contributed by atoms with Crippen LogP contribution in [-0.2, 0) is 0 Å². The number of carbonyl (C=O) groups excluding carboxylic acids is 1. The Labute approximate surface area is 120 Å². The van der Waals surface area contributed by atoms with E-state index in [1.807, 2.05) is 19.1 Å². The maximum atomic E-state index is 12.4. The van der Waals surface area contributed by atoms with Crippen LogP contribution in [0, 0.1) is 18.8 Å². The van der Waals surface area contributed by atoms with Crippen LogP contribution >= 0.6 is 0 Å². The minimum atomic E-state index is -0.0273. The molecule has 0 aliphatic heterocycles. The van der Waals surface area contributed by atoms with Crippen LogP contribution in [0.5, 0.6) is 0 Å². The Balaban J connectivity index is 1.74. The zero-order valence-corrected chi connectivity index (χ0v) is 12.0. The summed E-state index contributed by atoms with van der Waals surface area (Å²) in [6, 6.07) is 4.40. The molecule has 2 atom stereocenters. The van der Waals surface area contributed by atoms with Crippen LogP contribution in [0.4, 0.5) is 0 Å². The summed E-state index contributed by atoms with van der Waals surface area (Å²) in [5.41, 5.74) is 7.62. The molecule has 108 valence electrons. The van der Waals surface area contributed by atoms with Gasteiger partial charge in [0.15, 0.2) is 0 Å². The number of carbonyl (C=O) groups is 1. The molecular formula is C16H23N3O. The molecule has 2 saturated carbocycles. The van der Waals surface area contributed by atoms with E-state index >= 15 is 0 Å². The number of fused-ring (bicyclic) bond motifs is 2. The van der Waals surface area contributed by atoms with E-state index in [0.29, 0.717) is 23.6 Å². The topological polar surface area (TPSA) is 68.0 Å². The normalized spacial score (nSPS) is 32.7. The second kappa shape index (κ2) is 5.52. The van der Waals surface area contributed by atoms with Crippen LogP contribution in [0.15, 0.2) is 18.3 Å². The molecule has 2 bridgehead atoms. The van der Waals surface area contributed by atoms with Gasteiger partial charge in [-0.15, -0.1) is 0 Å². The van der Waals surface area contributed by atoms with Crippen molar-refractivity contribution in [1.82, 2.24) is 10.3 Å². The molecule has 0 aromatic carbocycles. The van der Waals surface area contributed by atoms with E-state index in [1.165, 1.54) is 19.3 Å². The van der Waals surface area contributed by atoms with Crippen molar-refractivity contribution in [3.63, 3.8) is 0 Å². The van der Waals surface area contributed by atoms with Gasteiger partial charge in [0.25, 0.3) is 5.91 Å². The summed E-state index contributed by atoms with van der Waals surface area (Å²) in [5, 5.41) is 3.24. The number of aryl methyl sites for hydroxylation is 1. The minimum Gasteiger partial charge on any atom is -0.347 e. The lowest BCUT2D eigenvalue weighted by Crippen LogP contribution is -2.53. The molecule has 4 nitrogen and oxygen atoms in total. The third-order valence-electron chi connectivity index (χ3n) is 4.90. The molecule has 0 radical (unpaired) electrons. The molecule has 2 fully saturated rings. The molecule has 1 amide bonds. The Bertz CT molecular complexity index is 488. The Kier molecular flexibility index (Phi) is 3.74. The quantitative estimate of drug-likeness (QED) is 0.866. The fourth-order valence-electron chi connectivity index (χ4n) is 3.97. The molecule has 2 aliphatic carbocycles. The highest BCUT2D eigenvalue weighted by atomic mass is 16.2. The van der Waals surface area contributed by atoms with E-state index in [4.69, 9.17) is 5.73 Å². The largest absolute Gasteiger partial charge is 0.347 e. The second-order valence-electron chi connectivity index (χ2n) is 6.35. The number of hydrogen-bond donors (Lipinski definition) is 2. The number of nitrogens with two attached hydrogens (primary N) is 1. The molecule has 0 spiro atoms. The fraction of sp³-hybridized carbons (Fsp3) is 0.625. The van der Waals surface area contributed by atoms with Crippen molar-refractivity contribution in [1.29, 1.82) is 0 Å². The van der Waals surface area contributed by atoms with Crippen molar-refractivity contribution in [3.05, 3.63) is 29.6 Å². The molecule has 0 saturated heterocycles. The minimum absolute atomic E-state index is 0.0273. The summed E-state index contributed by atoms with van der Waals surface area (Å²) < 4.78 is 0. The van der Waals surface area contributed by atoms with E-state index in [1.54, 1.807) is 6.20 Å². The van der Waals surface area contributed by atoms with Gasteiger partial charge in [-0.25, -0.2) is 0 Å². The highest BCUT2D eigenvalue weighted by Crippen LogP contribution is 2.39. The Morgan fingerprint density at radius 3 is 2.70 bits per heavy atom. The van der Waals surface area contributed by atoms with E-state index in [9.17, 15) is 4.79 Å². The molecule has 3 rings (SSSR count). The first-order valence-corrected chi connectivity index (χ1v) is 7.63. The summed E-state index contributed by atoms with van der Waals surface area (Å²) in [4.78, 5) is 16.7. The third-order valence-corrected chi connectivity index (χ3v) is 4.90. The van der Waals surface area contributed by atoms with Crippen LogP contribution < -0.4 is 11.1 Å². The molecule has 3 N–H and O–H groups in total. The van der Waals surface area contributed by atoms with Crippen LogP contribution in [0.2, 0.25) is 0 Å². The van der Waals surface area contributed by atoms with Gasteiger partial charge in [-0.1, -0.05) is 12.5 Å². The Morgan fingerprint density at radius 2 is 2.05 bits per heavy atom. The first-order chi connectivity index (χ1) is 9.65. The summed E-state index contributed by atoms with van der Waals surface area (Å²) in [5.74, 6) is 1.07. The van der Waals surface area contributed by atoms with Crippen molar-refractivity contribution in [2.45, 2.75) is 51.1 Å². The van der Waals surface area contributed by atoms with E-state index in [-0.39, 0.29) is 11.9 Å². The van der Waals surface area contributed by atoms with Gasteiger partial charge in [-0.3, -0.25) is 9.78 Å². The van der Waals surface area contributed by atoms with Crippen molar-refractivity contribution >= 4 is 5.91 Å². The van der Waals surface area contributed by atoms with Crippen molar-refractivity contribution in [3.8, 4) is 0 Å². The van der Waals surface area contributed by atoms with Gasteiger partial charge < -0.3 is 11.1 Å². The standard InChI is InChI=1S/C16H23N3O/c1-10-4-3-7-18-14(10)16(20)19-15-11-5-2-6-12(15)9-13(17)8-11/h3-4,7,11-13,15H,2,5-6,8-9,17H2,1H3,(H,19,20). The first kappa shape index (κ1) is 13.6. The number of nitrogens with one attached hydrogen (secondary N) is 1. The van der Waals surface area contributed by atoms with Crippen LogP contribution in [0.25, 0.3) is 0 Å². The van der Waals surface area contributed by atoms with Gasteiger partial charge in [0, 0.05) is 18.3 Å². The number of hydrogen-bond acceptors (Lipinski definition) is 3. The van der Waals surface area contributed by atoms with Crippen LogP contribution in [0.3, 0.4) is 0 Å². The average molecular weight is 273 g/mol. The third kappa shape index (κ3) is 2.57. The Morgan fingerprint density at radius 1 is 1.35 bits per heavy atom.